The number of hydrogen-bond acceptors (Lipinski definition) is 6. The van der Waals surface area contributed by atoms with Crippen LogP contribution in [-0.4, -0.2) is 39.7 Å². The van der Waals surface area contributed by atoms with Gasteiger partial charge in [-0.15, -0.1) is 0 Å². The van der Waals surface area contributed by atoms with Crippen LogP contribution in [0.1, 0.15) is 46.9 Å². The molecule has 2 aromatic heterocycles. The van der Waals surface area contributed by atoms with Gasteiger partial charge in [0.1, 0.15) is 17.3 Å². The summed E-state index contributed by atoms with van der Waals surface area (Å²) >= 11 is 0. The van der Waals surface area contributed by atoms with Gasteiger partial charge < -0.3 is 15.1 Å². The van der Waals surface area contributed by atoms with Crippen LogP contribution in [0, 0.1) is 12.7 Å². The molecule has 4 aromatic rings. The van der Waals surface area contributed by atoms with Crippen molar-refractivity contribution in [3.05, 3.63) is 121 Å². The first-order chi connectivity index (χ1) is 22.1. The molecule has 1 aliphatic rings. The van der Waals surface area contributed by atoms with Gasteiger partial charge in [0.25, 0.3) is 5.56 Å². The average Bonchev–Trinajstić information content (AvgIpc) is 3.49. The number of benzene rings is 2. The number of anilines is 1. The minimum atomic E-state index is -4.91. The van der Waals surface area contributed by atoms with E-state index in [2.05, 4.69) is 0 Å². The summed E-state index contributed by atoms with van der Waals surface area (Å²) in [6.45, 7) is 2.78. The molecule has 3 heterocycles. The molecule has 1 fully saturated rings. The van der Waals surface area contributed by atoms with Gasteiger partial charge >= 0.3 is 18.0 Å². The summed E-state index contributed by atoms with van der Waals surface area (Å²) in [5, 5.41) is 0. The lowest BCUT2D eigenvalue weighted by Gasteiger charge is -2.41. The normalized spacial score (nSPS) is 16.9. The van der Waals surface area contributed by atoms with E-state index in [0.29, 0.717) is 5.56 Å². The van der Waals surface area contributed by atoms with Crippen LogP contribution in [0.25, 0.3) is 0 Å². The fraction of sp³-hybridized carbons (Fsp3) is 0.375. The molecule has 0 radical (unpaired) electrons. The van der Waals surface area contributed by atoms with Gasteiger partial charge in [-0.05, 0) is 43.7 Å². The van der Waals surface area contributed by atoms with Crippen molar-refractivity contribution < 1.29 is 35.2 Å². The summed E-state index contributed by atoms with van der Waals surface area (Å²) in [6, 6.07) is 12.1. The summed E-state index contributed by atoms with van der Waals surface area (Å²) in [5.41, 5.74) is 3.34. The third-order valence-corrected chi connectivity index (χ3v) is 8.39. The zero-order chi connectivity index (χ0) is 34.3. The summed E-state index contributed by atoms with van der Waals surface area (Å²) in [5.74, 6) is -2.18. The summed E-state index contributed by atoms with van der Waals surface area (Å²) in [4.78, 5) is 31.4. The molecule has 15 heteroatoms. The molecule has 8 nitrogen and oxygen atoms in total. The highest BCUT2D eigenvalue weighted by Gasteiger charge is 2.37. The van der Waals surface area contributed by atoms with Gasteiger partial charge in [0.2, 0.25) is 5.76 Å². The SMILES string of the molecule is Cc1c(N2CCN(Cc3ccc(C(F)(F)F)o3)[C@@H](C)C2)c(=O)n(C[C@@H](N)c2ccccc2)c(=O)n1Cc1c(F)cccc1C(F)(F)F. The van der Waals surface area contributed by atoms with Crippen LogP contribution < -0.4 is 21.9 Å². The van der Waals surface area contributed by atoms with Crippen LogP contribution in [-0.2, 0) is 32.0 Å². The molecule has 2 N–H and O–H groups in total. The van der Waals surface area contributed by atoms with Gasteiger partial charge in [0, 0.05) is 43.0 Å². The molecule has 0 aliphatic carbocycles. The fourth-order valence-corrected chi connectivity index (χ4v) is 5.89. The maximum absolute atomic E-state index is 14.9. The van der Waals surface area contributed by atoms with Crippen molar-refractivity contribution in [3.8, 4) is 0 Å². The first-order valence-corrected chi connectivity index (χ1v) is 14.7. The van der Waals surface area contributed by atoms with Crippen LogP contribution in [0.5, 0.6) is 0 Å². The van der Waals surface area contributed by atoms with Gasteiger partial charge in [-0.25, -0.2) is 9.18 Å². The molecule has 1 saturated heterocycles. The number of alkyl halides is 6. The van der Waals surface area contributed by atoms with Crippen molar-refractivity contribution in [2.24, 2.45) is 5.73 Å². The van der Waals surface area contributed by atoms with E-state index >= 15 is 0 Å². The Labute approximate surface area is 264 Å². The Bertz CT molecular complexity index is 1850. The molecule has 5 rings (SSSR count). The monoisotopic (exact) mass is 667 g/mol. The lowest BCUT2D eigenvalue weighted by Crippen LogP contribution is -2.54. The second-order valence-corrected chi connectivity index (χ2v) is 11.5. The molecule has 252 valence electrons. The minimum absolute atomic E-state index is 0.0265. The van der Waals surface area contributed by atoms with Crippen molar-refractivity contribution in [1.29, 1.82) is 0 Å². The summed E-state index contributed by atoms with van der Waals surface area (Å²) in [6.07, 6.45) is -9.54. The largest absolute Gasteiger partial charge is 0.455 e. The quantitative estimate of drug-likeness (QED) is 0.248. The van der Waals surface area contributed by atoms with Crippen molar-refractivity contribution in [1.82, 2.24) is 14.0 Å². The van der Waals surface area contributed by atoms with E-state index in [-0.39, 0.29) is 55.9 Å². The number of halogens is 7. The van der Waals surface area contributed by atoms with Gasteiger partial charge in [0.15, 0.2) is 0 Å². The zero-order valence-corrected chi connectivity index (χ0v) is 25.4. The van der Waals surface area contributed by atoms with Crippen LogP contribution in [0.2, 0.25) is 0 Å². The maximum atomic E-state index is 14.9. The molecule has 1 aliphatic heterocycles. The molecule has 0 unspecified atom stereocenters. The molecule has 2 atom stereocenters. The van der Waals surface area contributed by atoms with Crippen molar-refractivity contribution in [2.45, 2.75) is 57.9 Å². The molecule has 0 amide bonds. The Hall–Kier alpha value is -4.37. The van der Waals surface area contributed by atoms with E-state index in [9.17, 15) is 40.3 Å². The van der Waals surface area contributed by atoms with E-state index in [1.165, 1.54) is 13.0 Å². The predicted octanol–water partition coefficient (Wildman–Crippen LogP) is 5.55. The minimum Gasteiger partial charge on any atom is -0.455 e. The Kier molecular flexibility index (Phi) is 9.42. The van der Waals surface area contributed by atoms with E-state index in [4.69, 9.17) is 10.2 Å². The summed E-state index contributed by atoms with van der Waals surface area (Å²) in [7, 11) is 0. The molecule has 2 aromatic carbocycles. The van der Waals surface area contributed by atoms with Gasteiger partial charge in [-0.1, -0.05) is 36.4 Å². The van der Waals surface area contributed by atoms with Crippen LogP contribution in [0.4, 0.5) is 36.4 Å². The lowest BCUT2D eigenvalue weighted by molar-refractivity contribution is -0.153. The number of nitrogens with zero attached hydrogens (tertiary/aromatic N) is 4. The van der Waals surface area contributed by atoms with Gasteiger partial charge in [0.05, 0.1) is 25.2 Å². The number of aromatic nitrogens is 2. The third kappa shape index (κ3) is 7.15. The van der Waals surface area contributed by atoms with E-state index in [1.807, 2.05) is 4.90 Å². The highest BCUT2D eigenvalue weighted by molar-refractivity contribution is 5.50. The van der Waals surface area contributed by atoms with Crippen molar-refractivity contribution in [3.63, 3.8) is 0 Å². The van der Waals surface area contributed by atoms with Crippen LogP contribution in [0.15, 0.2) is 74.7 Å². The smallest absolute Gasteiger partial charge is 0.449 e. The number of nitrogens with two attached hydrogens (primary N) is 1. The Morgan fingerprint density at radius 2 is 1.60 bits per heavy atom. The highest BCUT2D eigenvalue weighted by Crippen LogP contribution is 2.34. The lowest BCUT2D eigenvalue weighted by atomic mass is 10.1. The van der Waals surface area contributed by atoms with Gasteiger partial charge in [-0.3, -0.25) is 18.8 Å². The number of rotatable bonds is 8. The molecular weight excluding hydrogens is 635 g/mol. The average molecular weight is 668 g/mol. The van der Waals surface area contributed by atoms with Gasteiger partial charge in [-0.2, -0.15) is 26.3 Å². The predicted molar refractivity (Wildman–Crippen MR) is 159 cm³/mol. The second-order valence-electron chi connectivity index (χ2n) is 11.5. The van der Waals surface area contributed by atoms with E-state index < -0.39 is 58.9 Å². The first-order valence-electron chi connectivity index (χ1n) is 14.7. The number of hydrogen-bond donors (Lipinski definition) is 1. The molecule has 0 bridgehead atoms. The van der Waals surface area contributed by atoms with E-state index in [1.54, 1.807) is 42.2 Å². The second kappa shape index (κ2) is 13.0. The maximum Gasteiger partial charge on any atom is 0.449 e. The molecule has 47 heavy (non-hydrogen) atoms. The van der Waals surface area contributed by atoms with Crippen LogP contribution in [0.3, 0.4) is 0 Å². The standard InChI is InChI=1S/C32H32F7N5O3/c1-19-15-42(14-13-41(19)16-22-11-12-27(47-22)32(37,38)39)28-20(2)43(17-23-24(31(34,35)36)9-6-10-25(23)33)30(46)44(29(28)45)18-26(40)21-7-4-3-5-8-21/h3-12,19,26H,13-18,40H2,1-2H3/t19-,26+/m0/s1. The third-order valence-electron chi connectivity index (χ3n) is 8.39. The fourth-order valence-electron chi connectivity index (χ4n) is 5.89. The first kappa shape index (κ1) is 34.0. The molecule has 0 saturated carbocycles. The Morgan fingerprint density at radius 3 is 2.21 bits per heavy atom. The highest BCUT2D eigenvalue weighted by atomic mass is 19.4. The Balaban J connectivity index is 1.53. The topological polar surface area (TPSA) is 89.6 Å². The van der Waals surface area contributed by atoms with Crippen LogP contribution >= 0.6 is 0 Å². The molecular formula is C32H32F7N5O3. The van der Waals surface area contributed by atoms with E-state index in [0.717, 1.165) is 33.4 Å². The zero-order valence-electron chi connectivity index (χ0n) is 25.4. The Morgan fingerprint density at radius 1 is 0.894 bits per heavy atom. The van der Waals surface area contributed by atoms with Crippen molar-refractivity contribution in [2.75, 3.05) is 24.5 Å². The number of piperazine rings is 1. The molecule has 0 spiro atoms. The van der Waals surface area contributed by atoms with Crippen molar-refractivity contribution >= 4 is 5.69 Å². The number of furan rings is 1. The summed E-state index contributed by atoms with van der Waals surface area (Å²) < 4.78 is 102.